The zero-order valence-electron chi connectivity index (χ0n) is 14.8. The van der Waals surface area contributed by atoms with Gasteiger partial charge in [-0.2, -0.15) is 0 Å². The molecule has 1 fully saturated rings. The zero-order valence-corrected chi connectivity index (χ0v) is 15.6. The number of nitrogens with one attached hydrogen (secondary N) is 1. The SMILES string of the molecule is O=C(Cc1csc(-c2cccc(F)c2)n1)Nc1ccccc1N1CCCC1. The summed E-state index contributed by atoms with van der Waals surface area (Å²) in [7, 11) is 0. The van der Waals surface area contributed by atoms with E-state index in [1.165, 1.54) is 36.3 Å². The van der Waals surface area contributed by atoms with Gasteiger partial charge in [0.2, 0.25) is 5.91 Å². The lowest BCUT2D eigenvalue weighted by Crippen LogP contribution is -2.21. The molecule has 4 nitrogen and oxygen atoms in total. The van der Waals surface area contributed by atoms with E-state index in [4.69, 9.17) is 0 Å². The Morgan fingerprint density at radius 2 is 1.96 bits per heavy atom. The predicted octanol–water partition coefficient (Wildman–Crippen LogP) is 4.73. The third-order valence-electron chi connectivity index (χ3n) is 4.59. The number of thiazole rings is 1. The Labute approximate surface area is 161 Å². The highest BCUT2D eigenvalue weighted by molar-refractivity contribution is 7.13. The Bertz CT molecular complexity index is 950. The molecule has 0 aliphatic carbocycles. The molecule has 1 aliphatic rings. The average molecular weight is 381 g/mol. The van der Waals surface area contributed by atoms with Gasteiger partial charge in [0.1, 0.15) is 10.8 Å². The van der Waals surface area contributed by atoms with E-state index in [1.54, 1.807) is 6.07 Å². The number of amides is 1. The van der Waals surface area contributed by atoms with Crippen LogP contribution in [0.25, 0.3) is 10.6 Å². The van der Waals surface area contributed by atoms with E-state index in [9.17, 15) is 9.18 Å². The normalized spacial score (nSPS) is 13.7. The van der Waals surface area contributed by atoms with Gasteiger partial charge in [0, 0.05) is 24.0 Å². The van der Waals surface area contributed by atoms with E-state index >= 15 is 0 Å². The van der Waals surface area contributed by atoms with Crippen LogP contribution < -0.4 is 10.2 Å². The van der Waals surface area contributed by atoms with Crippen LogP contribution in [0.15, 0.2) is 53.9 Å². The Hall–Kier alpha value is -2.73. The second kappa shape index (κ2) is 7.88. The highest BCUT2D eigenvalue weighted by atomic mass is 32.1. The second-order valence-electron chi connectivity index (χ2n) is 6.59. The molecule has 0 saturated carbocycles. The fourth-order valence-electron chi connectivity index (χ4n) is 3.31. The van der Waals surface area contributed by atoms with Crippen molar-refractivity contribution in [2.75, 3.05) is 23.3 Å². The number of nitrogens with zero attached hydrogens (tertiary/aromatic N) is 2. The number of anilines is 2. The number of halogens is 1. The summed E-state index contributed by atoms with van der Waals surface area (Å²) in [6, 6.07) is 14.2. The minimum atomic E-state index is -0.291. The first-order valence-corrected chi connectivity index (χ1v) is 9.91. The average Bonchev–Trinajstić information content (AvgIpc) is 3.34. The molecule has 0 unspecified atom stereocenters. The number of para-hydroxylation sites is 2. The van der Waals surface area contributed by atoms with Crippen LogP contribution in [0.3, 0.4) is 0 Å². The smallest absolute Gasteiger partial charge is 0.230 e. The third kappa shape index (κ3) is 4.17. The highest BCUT2D eigenvalue weighted by Crippen LogP contribution is 2.29. The standard InChI is InChI=1S/C21H20FN3OS/c22-16-7-5-6-15(12-16)21-23-17(14-27-21)13-20(26)24-18-8-1-2-9-19(18)25-10-3-4-11-25/h1-2,5-9,12,14H,3-4,10-11,13H2,(H,24,26). The summed E-state index contributed by atoms with van der Waals surface area (Å²) in [5.41, 5.74) is 3.33. The fraction of sp³-hybridized carbons (Fsp3) is 0.238. The molecule has 1 saturated heterocycles. The number of rotatable bonds is 5. The highest BCUT2D eigenvalue weighted by Gasteiger charge is 2.17. The van der Waals surface area contributed by atoms with E-state index in [0.717, 1.165) is 35.0 Å². The minimum Gasteiger partial charge on any atom is -0.370 e. The molecule has 3 aromatic rings. The topological polar surface area (TPSA) is 45.2 Å². The van der Waals surface area contributed by atoms with Crippen molar-refractivity contribution >= 4 is 28.6 Å². The zero-order chi connectivity index (χ0) is 18.6. The maximum absolute atomic E-state index is 13.4. The van der Waals surface area contributed by atoms with Crippen molar-refractivity contribution < 1.29 is 9.18 Å². The van der Waals surface area contributed by atoms with Gasteiger partial charge in [-0.1, -0.05) is 24.3 Å². The van der Waals surface area contributed by atoms with Crippen LogP contribution in [0, 0.1) is 5.82 Å². The van der Waals surface area contributed by atoms with E-state index in [0.29, 0.717) is 5.69 Å². The first-order chi connectivity index (χ1) is 13.2. The van der Waals surface area contributed by atoms with Gasteiger partial charge in [0.05, 0.1) is 23.5 Å². The summed E-state index contributed by atoms with van der Waals surface area (Å²) < 4.78 is 13.4. The minimum absolute atomic E-state index is 0.0993. The first kappa shape index (κ1) is 17.7. The molecule has 138 valence electrons. The van der Waals surface area contributed by atoms with Gasteiger partial charge in [0.25, 0.3) is 0 Å². The summed E-state index contributed by atoms with van der Waals surface area (Å²) in [4.78, 5) is 19.3. The third-order valence-corrected chi connectivity index (χ3v) is 5.53. The first-order valence-electron chi connectivity index (χ1n) is 9.03. The van der Waals surface area contributed by atoms with Gasteiger partial charge in [-0.05, 0) is 37.1 Å². The molecule has 2 heterocycles. The van der Waals surface area contributed by atoms with Crippen molar-refractivity contribution in [1.82, 2.24) is 4.98 Å². The van der Waals surface area contributed by atoms with E-state index < -0.39 is 0 Å². The molecule has 6 heteroatoms. The Balaban J connectivity index is 1.45. The summed E-state index contributed by atoms with van der Waals surface area (Å²) in [5, 5.41) is 5.59. The number of aromatic nitrogens is 1. The molecule has 0 atom stereocenters. The molecule has 1 aromatic heterocycles. The Kier molecular flexibility index (Phi) is 5.16. The van der Waals surface area contributed by atoms with Crippen molar-refractivity contribution in [3.8, 4) is 10.6 Å². The van der Waals surface area contributed by atoms with Crippen LogP contribution in [0.2, 0.25) is 0 Å². The van der Waals surface area contributed by atoms with E-state index in [-0.39, 0.29) is 18.1 Å². The van der Waals surface area contributed by atoms with E-state index in [2.05, 4.69) is 15.2 Å². The molecule has 2 aromatic carbocycles. The summed E-state index contributed by atoms with van der Waals surface area (Å²) in [6.45, 7) is 2.05. The van der Waals surface area contributed by atoms with Crippen LogP contribution in [-0.4, -0.2) is 24.0 Å². The number of benzene rings is 2. The molecule has 0 radical (unpaired) electrons. The van der Waals surface area contributed by atoms with Crippen LogP contribution >= 0.6 is 11.3 Å². The molecule has 27 heavy (non-hydrogen) atoms. The molecular formula is C21H20FN3OS. The van der Waals surface area contributed by atoms with Crippen LogP contribution in [0.5, 0.6) is 0 Å². The van der Waals surface area contributed by atoms with Crippen LogP contribution in [-0.2, 0) is 11.2 Å². The van der Waals surface area contributed by atoms with Gasteiger partial charge >= 0.3 is 0 Å². The lowest BCUT2D eigenvalue weighted by Gasteiger charge is -2.21. The monoisotopic (exact) mass is 381 g/mol. The number of carbonyl (C=O) groups is 1. The molecule has 1 aliphatic heterocycles. The molecule has 4 rings (SSSR count). The van der Waals surface area contributed by atoms with Crippen molar-refractivity contribution in [2.45, 2.75) is 19.3 Å². The summed E-state index contributed by atoms with van der Waals surface area (Å²) >= 11 is 1.42. The molecule has 0 spiro atoms. The summed E-state index contributed by atoms with van der Waals surface area (Å²) in [5.74, 6) is -0.391. The van der Waals surface area contributed by atoms with Crippen molar-refractivity contribution in [2.24, 2.45) is 0 Å². The number of hydrogen-bond acceptors (Lipinski definition) is 4. The molecule has 1 amide bonds. The van der Waals surface area contributed by atoms with Crippen molar-refractivity contribution in [3.63, 3.8) is 0 Å². The maximum Gasteiger partial charge on any atom is 0.230 e. The van der Waals surface area contributed by atoms with Crippen LogP contribution in [0.1, 0.15) is 18.5 Å². The van der Waals surface area contributed by atoms with Crippen LogP contribution in [0.4, 0.5) is 15.8 Å². The van der Waals surface area contributed by atoms with Crippen molar-refractivity contribution in [1.29, 1.82) is 0 Å². The van der Waals surface area contributed by atoms with Gasteiger partial charge in [-0.3, -0.25) is 4.79 Å². The van der Waals surface area contributed by atoms with Gasteiger partial charge in [0.15, 0.2) is 0 Å². The van der Waals surface area contributed by atoms with E-state index in [1.807, 2.05) is 35.7 Å². The molecule has 1 N–H and O–H groups in total. The quantitative estimate of drug-likeness (QED) is 0.695. The van der Waals surface area contributed by atoms with Gasteiger partial charge in [-0.25, -0.2) is 9.37 Å². The Morgan fingerprint density at radius 1 is 1.15 bits per heavy atom. The second-order valence-corrected chi connectivity index (χ2v) is 7.45. The number of carbonyl (C=O) groups excluding carboxylic acids is 1. The predicted molar refractivity (Wildman–Crippen MR) is 108 cm³/mol. The fourth-order valence-corrected chi connectivity index (χ4v) is 4.13. The van der Waals surface area contributed by atoms with Gasteiger partial charge < -0.3 is 10.2 Å². The lowest BCUT2D eigenvalue weighted by atomic mass is 10.2. The lowest BCUT2D eigenvalue weighted by molar-refractivity contribution is -0.115. The van der Waals surface area contributed by atoms with Gasteiger partial charge in [-0.15, -0.1) is 11.3 Å². The Morgan fingerprint density at radius 3 is 2.78 bits per heavy atom. The molecule has 0 bridgehead atoms. The van der Waals surface area contributed by atoms with Crippen molar-refractivity contribution in [3.05, 3.63) is 65.4 Å². The summed E-state index contributed by atoms with van der Waals surface area (Å²) in [6.07, 6.45) is 2.56. The largest absolute Gasteiger partial charge is 0.370 e. The number of hydrogen-bond donors (Lipinski definition) is 1. The maximum atomic E-state index is 13.4. The molecular weight excluding hydrogens is 361 g/mol.